The molecule has 0 saturated heterocycles. The highest BCUT2D eigenvalue weighted by Crippen LogP contribution is 2.35. The van der Waals surface area contributed by atoms with E-state index in [0.717, 1.165) is 63.1 Å². The van der Waals surface area contributed by atoms with E-state index in [4.69, 9.17) is 9.47 Å². The molecule has 1 aliphatic carbocycles. The zero-order valence-corrected chi connectivity index (χ0v) is 21.9. The van der Waals surface area contributed by atoms with Crippen LogP contribution in [0.25, 0.3) is 55.7 Å². The lowest BCUT2D eigenvalue weighted by Crippen LogP contribution is -2.19. The normalized spacial score (nSPS) is 14.2. The number of rotatable bonds is 6. The third kappa shape index (κ3) is 4.53. The van der Waals surface area contributed by atoms with Crippen LogP contribution in [0.3, 0.4) is 0 Å². The Labute approximate surface area is 229 Å². The molecule has 1 fully saturated rings. The predicted octanol–water partition coefficient (Wildman–Crippen LogP) is 7.09. The van der Waals surface area contributed by atoms with Gasteiger partial charge in [0.05, 0.1) is 42.5 Å². The lowest BCUT2D eigenvalue weighted by molar-refractivity contribution is 0.154. The van der Waals surface area contributed by atoms with E-state index in [-0.39, 0.29) is 11.9 Å². The van der Waals surface area contributed by atoms with Crippen molar-refractivity contribution in [3.8, 4) is 45.3 Å². The Morgan fingerprint density at radius 3 is 2.62 bits per heavy atom. The van der Waals surface area contributed by atoms with Gasteiger partial charge in [0, 0.05) is 34.8 Å². The van der Waals surface area contributed by atoms with Crippen LogP contribution in [0, 0.1) is 5.82 Å². The van der Waals surface area contributed by atoms with Gasteiger partial charge in [-0.15, -0.1) is 0 Å². The van der Waals surface area contributed by atoms with Gasteiger partial charge in [0.1, 0.15) is 28.7 Å². The average Bonchev–Trinajstić information content (AvgIpc) is 3.61. The lowest BCUT2D eigenvalue weighted by Gasteiger charge is -2.22. The van der Waals surface area contributed by atoms with Gasteiger partial charge in [-0.3, -0.25) is 15.1 Å². The molecule has 5 heterocycles. The number of H-pyrrole nitrogens is 2. The number of benzene rings is 1. The number of hydrogen-bond acceptors (Lipinski definition) is 6. The topological polar surface area (TPSA) is 102 Å². The maximum absolute atomic E-state index is 14.3. The third-order valence-corrected chi connectivity index (χ3v) is 7.52. The maximum Gasteiger partial charge on any atom is 0.138 e. The second-order valence-electron chi connectivity index (χ2n) is 10.2. The monoisotopic (exact) mass is 534 g/mol. The molecule has 6 aromatic rings. The molecular weight excluding hydrogens is 507 g/mol. The molecule has 1 aliphatic rings. The van der Waals surface area contributed by atoms with Crippen LogP contribution >= 0.6 is 0 Å². The number of fused-ring (bicyclic) bond motifs is 2. The summed E-state index contributed by atoms with van der Waals surface area (Å²) in [6, 6.07) is 12.5. The molecule has 8 nitrogen and oxygen atoms in total. The summed E-state index contributed by atoms with van der Waals surface area (Å²) in [5.74, 6) is 0.856. The molecular formula is C31H27FN6O2. The summed E-state index contributed by atoms with van der Waals surface area (Å²) in [6.45, 7) is 0. The smallest absolute Gasteiger partial charge is 0.138 e. The molecule has 1 saturated carbocycles. The van der Waals surface area contributed by atoms with Crippen LogP contribution in [-0.2, 0) is 0 Å². The molecule has 0 spiro atoms. The first-order chi connectivity index (χ1) is 19.6. The molecule has 0 radical (unpaired) electrons. The SMILES string of the molecule is COc1cc(F)cc(-c2ccnc3[nH]c(-c4n[nH]c5cnc(-c6cncc(OC7CCCCC7)c6)cc45)cc23)c1. The molecule has 9 heteroatoms. The zero-order chi connectivity index (χ0) is 27.1. The fourth-order valence-corrected chi connectivity index (χ4v) is 5.52. The number of aromatic amines is 2. The van der Waals surface area contributed by atoms with E-state index in [1.807, 2.05) is 30.3 Å². The number of hydrogen-bond donors (Lipinski definition) is 2. The summed E-state index contributed by atoms with van der Waals surface area (Å²) >= 11 is 0. The molecule has 200 valence electrons. The molecule has 0 unspecified atom stereocenters. The fourth-order valence-electron chi connectivity index (χ4n) is 5.52. The van der Waals surface area contributed by atoms with E-state index < -0.39 is 0 Å². The molecule has 1 aromatic carbocycles. The van der Waals surface area contributed by atoms with Gasteiger partial charge in [-0.1, -0.05) is 6.42 Å². The molecule has 5 aromatic heterocycles. The summed E-state index contributed by atoms with van der Waals surface area (Å²) in [5.41, 5.74) is 6.21. The Bertz CT molecular complexity index is 1840. The number of halogens is 1. The summed E-state index contributed by atoms with van der Waals surface area (Å²) < 4.78 is 25.8. The Morgan fingerprint density at radius 1 is 0.875 bits per heavy atom. The maximum atomic E-state index is 14.3. The lowest BCUT2D eigenvalue weighted by atomic mass is 9.98. The minimum absolute atomic E-state index is 0.246. The Morgan fingerprint density at radius 2 is 1.75 bits per heavy atom. The van der Waals surface area contributed by atoms with Crippen LogP contribution in [0.5, 0.6) is 11.5 Å². The summed E-state index contributed by atoms with van der Waals surface area (Å²) in [4.78, 5) is 17.0. The Kier molecular flexibility index (Phi) is 6.11. The van der Waals surface area contributed by atoms with Gasteiger partial charge in [-0.2, -0.15) is 5.10 Å². The van der Waals surface area contributed by atoms with Crippen LogP contribution in [0.1, 0.15) is 32.1 Å². The number of ether oxygens (including phenoxy) is 2. The first kappa shape index (κ1) is 24.3. The van der Waals surface area contributed by atoms with Crippen molar-refractivity contribution in [2.45, 2.75) is 38.2 Å². The van der Waals surface area contributed by atoms with Gasteiger partial charge in [0.25, 0.3) is 0 Å². The van der Waals surface area contributed by atoms with Gasteiger partial charge in [-0.25, -0.2) is 9.37 Å². The summed E-state index contributed by atoms with van der Waals surface area (Å²) in [5, 5.41) is 9.44. The highest BCUT2D eigenvalue weighted by molar-refractivity contribution is 6.00. The standard InChI is InChI=1S/C31H27FN6O2/c1-39-22-10-18(9-20(32)12-22)24-7-8-34-31-25(24)13-28(36-31)30-26-14-27(35-17-29(26)37-38-30)19-11-23(16-33-15-19)40-21-5-3-2-4-6-21/h7-17,21H,2-6H2,1H3,(H,34,36)(H,37,38). The fraction of sp³-hybridized carbons (Fsp3) is 0.226. The molecule has 0 atom stereocenters. The van der Waals surface area contributed by atoms with Crippen LogP contribution in [-0.4, -0.2) is 43.3 Å². The van der Waals surface area contributed by atoms with Gasteiger partial charge in [0.2, 0.25) is 0 Å². The predicted molar refractivity (Wildman–Crippen MR) is 152 cm³/mol. The molecule has 0 bridgehead atoms. The van der Waals surface area contributed by atoms with E-state index in [1.54, 1.807) is 24.8 Å². The van der Waals surface area contributed by atoms with Gasteiger partial charge < -0.3 is 14.5 Å². The number of nitrogens with zero attached hydrogens (tertiary/aromatic N) is 4. The highest BCUT2D eigenvalue weighted by Gasteiger charge is 2.18. The van der Waals surface area contributed by atoms with Gasteiger partial charge in [-0.05, 0) is 73.2 Å². The molecule has 2 N–H and O–H groups in total. The van der Waals surface area contributed by atoms with Crippen molar-refractivity contribution in [1.29, 1.82) is 0 Å². The zero-order valence-electron chi connectivity index (χ0n) is 21.9. The van der Waals surface area contributed by atoms with Gasteiger partial charge in [0.15, 0.2) is 0 Å². The highest BCUT2D eigenvalue weighted by atomic mass is 19.1. The molecule has 0 aliphatic heterocycles. The van der Waals surface area contributed by atoms with Crippen molar-refractivity contribution in [2.75, 3.05) is 7.11 Å². The van der Waals surface area contributed by atoms with Crippen molar-refractivity contribution in [3.05, 3.63) is 73.1 Å². The summed E-state index contributed by atoms with van der Waals surface area (Å²) in [7, 11) is 1.52. The average molecular weight is 535 g/mol. The van der Waals surface area contributed by atoms with Crippen molar-refractivity contribution in [1.82, 2.24) is 30.1 Å². The molecule has 0 amide bonds. The largest absolute Gasteiger partial charge is 0.497 e. The third-order valence-electron chi connectivity index (χ3n) is 7.52. The second kappa shape index (κ2) is 10.1. The van der Waals surface area contributed by atoms with Crippen LogP contribution in [0.15, 0.2) is 67.3 Å². The van der Waals surface area contributed by atoms with E-state index >= 15 is 0 Å². The molecule has 40 heavy (non-hydrogen) atoms. The first-order valence-electron chi connectivity index (χ1n) is 13.4. The van der Waals surface area contributed by atoms with Crippen LogP contribution in [0.2, 0.25) is 0 Å². The van der Waals surface area contributed by atoms with E-state index in [1.165, 1.54) is 38.5 Å². The number of methoxy groups -OCH3 is 1. The van der Waals surface area contributed by atoms with Crippen LogP contribution < -0.4 is 9.47 Å². The minimum Gasteiger partial charge on any atom is -0.497 e. The Hall–Kier alpha value is -4.79. The van der Waals surface area contributed by atoms with E-state index in [2.05, 4.69) is 30.1 Å². The second-order valence-corrected chi connectivity index (χ2v) is 10.2. The molecule has 7 rings (SSSR count). The number of pyridine rings is 3. The van der Waals surface area contributed by atoms with E-state index in [0.29, 0.717) is 17.0 Å². The quantitative estimate of drug-likeness (QED) is 0.237. The van der Waals surface area contributed by atoms with Crippen molar-refractivity contribution >= 4 is 21.9 Å². The first-order valence-corrected chi connectivity index (χ1v) is 13.4. The summed E-state index contributed by atoms with van der Waals surface area (Å²) in [6.07, 6.45) is 13.2. The Balaban J connectivity index is 1.26. The van der Waals surface area contributed by atoms with Crippen molar-refractivity contribution < 1.29 is 13.9 Å². The van der Waals surface area contributed by atoms with Crippen molar-refractivity contribution in [2.24, 2.45) is 0 Å². The van der Waals surface area contributed by atoms with Crippen molar-refractivity contribution in [3.63, 3.8) is 0 Å². The number of aromatic nitrogens is 6. The van der Waals surface area contributed by atoms with E-state index in [9.17, 15) is 4.39 Å². The number of nitrogens with one attached hydrogen (secondary N) is 2. The van der Waals surface area contributed by atoms with Crippen LogP contribution in [0.4, 0.5) is 4.39 Å². The minimum atomic E-state index is -0.365. The van der Waals surface area contributed by atoms with Gasteiger partial charge >= 0.3 is 0 Å².